The van der Waals surface area contributed by atoms with E-state index in [4.69, 9.17) is 0 Å². The highest BCUT2D eigenvalue weighted by molar-refractivity contribution is 5.95. The summed E-state index contributed by atoms with van der Waals surface area (Å²) in [6, 6.07) is 4.33. The van der Waals surface area contributed by atoms with E-state index in [1.54, 1.807) is 6.20 Å². The van der Waals surface area contributed by atoms with E-state index >= 15 is 0 Å². The number of carbonyl (C=O) groups excluding carboxylic acids is 1. The Bertz CT molecular complexity index is 318. The monoisotopic (exact) mass is 206 g/mol. The van der Waals surface area contributed by atoms with E-state index in [0.717, 1.165) is 18.7 Å². The second-order valence-electron chi connectivity index (χ2n) is 4.18. The number of hydrogen-bond donors (Lipinski definition) is 1. The summed E-state index contributed by atoms with van der Waals surface area (Å²) in [4.78, 5) is 17.1. The average molecular weight is 206 g/mol. The molecule has 1 aromatic rings. The summed E-state index contributed by atoms with van der Waals surface area (Å²) in [5, 5.41) is 0. The van der Waals surface area contributed by atoms with Gasteiger partial charge in [-0.05, 0) is 37.9 Å². The van der Waals surface area contributed by atoms with E-state index in [2.05, 4.69) is 16.8 Å². The van der Waals surface area contributed by atoms with Gasteiger partial charge in [-0.3, -0.25) is 9.69 Å². The van der Waals surface area contributed by atoms with Crippen LogP contribution in [0.3, 0.4) is 0 Å². The van der Waals surface area contributed by atoms with E-state index in [9.17, 15) is 4.79 Å². The SMILES string of the molecule is CCC1CCCN1CC(=O)c1ccc[nH]1. The van der Waals surface area contributed by atoms with Gasteiger partial charge in [0.25, 0.3) is 0 Å². The van der Waals surface area contributed by atoms with Crippen molar-refractivity contribution in [1.82, 2.24) is 9.88 Å². The molecule has 0 bridgehead atoms. The summed E-state index contributed by atoms with van der Waals surface area (Å²) >= 11 is 0. The molecule has 0 spiro atoms. The van der Waals surface area contributed by atoms with Crippen molar-refractivity contribution in [1.29, 1.82) is 0 Å². The quantitative estimate of drug-likeness (QED) is 0.766. The molecule has 1 saturated heterocycles. The fraction of sp³-hybridized carbons (Fsp3) is 0.583. The maximum atomic E-state index is 11.9. The Hall–Kier alpha value is -1.09. The normalized spacial score (nSPS) is 22.1. The maximum absolute atomic E-state index is 11.9. The third-order valence-electron chi connectivity index (χ3n) is 3.22. The number of nitrogens with one attached hydrogen (secondary N) is 1. The van der Waals surface area contributed by atoms with Crippen LogP contribution in [-0.2, 0) is 0 Å². The zero-order valence-electron chi connectivity index (χ0n) is 9.20. The third kappa shape index (κ3) is 2.29. The first-order chi connectivity index (χ1) is 7.31. The number of carbonyl (C=O) groups is 1. The van der Waals surface area contributed by atoms with Gasteiger partial charge in [-0.25, -0.2) is 0 Å². The first-order valence-corrected chi connectivity index (χ1v) is 5.72. The molecule has 3 nitrogen and oxygen atoms in total. The Morgan fingerprint density at radius 2 is 2.53 bits per heavy atom. The summed E-state index contributed by atoms with van der Waals surface area (Å²) < 4.78 is 0. The van der Waals surface area contributed by atoms with E-state index in [1.807, 2.05) is 12.1 Å². The molecular formula is C12H18N2O. The molecule has 2 heterocycles. The lowest BCUT2D eigenvalue weighted by Gasteiger charge is -2.21. The lowest BCUT2D eigenvalue weighted by molar-refractivity contribution is 0.0916. The molecule has 0 aliphatic carbocycles. The zero-order valence-corrected chi connectivity index (χ0v) is 9.20. The molecule has 1 atom stereocenters. The van der Waals surface area contributed by atoms with Gasteiger partial charge in [0.1, 0.15) is 0 Å². The number of aromatic amines is 1. The second-order valence-corrected chi connectivity index (χ2v) is 4.18. The topological polar surface area (TPSA) is 36.1 Å². The minimum Gasteiger partial charge on any atom is -0.359 e. The van der Waals surface area contributed by atoms with Crippen molar-refractivity contribution < 1.29 is 4.79 Å². The summed E-state index contributed by atoms with van der Waals surface area (Å²) in [7, 11) is 0. The minimum absolute atomic E-state index is 0.209. The van der Waals surface area contributed by atoms with Crippen LogP contribution >= 0.6 is 0 Å². The smallest absolute Gasteiger partial charge is 0.192 e. The highest BCUT2D eigenvalue weighted by Gasteiger charge is 2.24. The standard InChI is InChI=1S/C12H18N2O/c1-2-10-5-4-8-14(10)9-12(15)11-6-3-7-13-11/h3,6-7,10,13H,2,4-5,8-9H2,1H3. The molecule has 1 unspecified atom stereocenters. The number of aromatic nitrogens is 1. The molecule has 2 rings (SSSR count). The fourth-order valence-electron chi connectivity index (χ4n) is 2.34. The van der Waals surface area contributed by atoms with Crippen LogP contribution in [-0.4, -0.2) is 34.8 Å². The van der Waals surface area contributed by atoms with Crippen LogP contribution < -0.4 is 0 Å². The van der Waals surface area contributed by atoms with Gasteiger partial charge in [0.15, 0.2) is 5.78 Å². The number of Topliss-reactive ketones (excluding diaryl/α,β-unsaturated/α-hetero) is 1. The first-order valence-electron chi connectivity index (χ1n) is 5.72. The number of H-pyrrole nitrogens is 1. The molecule has 82 valence electrons. The Morgan fingerprint density at radius 3 is 3.20 bits per heavy atom. The van der Waals surface area contributed by atoms with Crippen LogP contribution in [0.1, 0.15) is 36.7 Å². The Labute approximate surface area is 90.5 Å². The molecule has 1 aliphatic heterocycles. The predicted octanol–water partition coefficient (Wildman–Crippen LogP) is 2.07. The summed E-state index contributed by atoms with van der Waals surface area (Å²) in [6.07, 6.45) is 5.43. The lowest BCUT2D eigenvalue weighted by atomic mass is 10.1. The number of likely N-dealkylation sites (tertiary alicyclic amines) is 1. The maximum Gasteiger partial charge on any atom is 0.192 e. The highest BCUT2D eigenvalue weighted by atomic mass is 16.1. The molecule has 1 aromatic heterocycles. The minimum atomic E-state index is 0.209. The van der Waals surface area contributed by atoms with Gasteiger partial charge in [0.2, 0.25) is 0 Å². The number of hydrogen-bond acceptors (Lipinski definition) is 2. The molecule has 0 aromatic carbocycles. The zero-order chi connectivity index (χ0) is 10.7. The Kier molecular flexibility index (Phi) is 3.21. The molecule has 3 heteroatoms. The largest absolute Gasteiger partial charge is 0.359 e. The van der Waals surface area contributed by atoms with Gasteiger partial charge in [0.05, 0.1) is 12.2 Å². The van der Waals surface area contributed by atoms with Gasteiger partial charge in [-0.2, -0.15) is 0 Å². The molecular weight excluding hydrogens is 188 g/mol. The average Bonchev–Trinajstić information content (AvgIpc) is 2.87. The van der Waals surface area contributed by atoms with Crippen LogP contribution in [0.5, 0.6) is 0 Å². The van der Waals surface area contributed by atoms with Gasteiger partial charge in [0, 0.05) is 12.2 Å². The molecule has 0 saturated carbocycles. The Balaban J connectivity index is 1.94. The summed E-state index contributed by atoms with van der Waals surface area (Å²) in [5.74, 6) is 0.209. The molecule has 1 aliphatic rings. The molecule has 0 amide bonds. The van der Waals surface area contributed by atoms with E-state index in [-0.39, 0.29) is 5.78 Å². The molecule has 15 heavy (non-hydrogen) atoms. The number of nitrogens with zero attached hydrogens (tertiary/aromatic N) is 1. The lowest BCUT2D eigenvalue weighted by Crippen LogP contribution is -2.34. The van der Waals surface area contributed by atoms with Crippen molar-refractivity contribution in [2.75, 3.05) is 13.1 Å². The van der Waals surface area contributed by atoms with Crippen molar-refractivity contribution in [3.63, 3.8) is 0 Å². The van der Waals surface area contributed by atoms with E-state index in [0.29, 0.717) is 12.6 Å². The van der Waals surface area contributed by atoms with Crippen LogP contribution in [0.4, 0.5) is 0 Å². The van der Waals surface area contributed by atoms with Gasteiger partial charge >= 0.3 is 0 Å². The first kappa shape index (κ1) is 10.4. The van der Waals surface area contributed by atoms with Crippen molar-refractivity contribution in [3.05, 3.63) is 24.0 Å². The molecule has 1 N–H and O–H groups in total. The molecule has 1 fully saturated rings. The van der Waals surface area contributed by atoms with Crippen molar-refractivity contribution in [3.8, 4) is 0 Å². The predicted molar refractivity (Wildman–Crippen MR) is 60.0 cm³/mol. The third-order valence-corrected chi connectivity index (χ3v) is 3.22. The summed E-state index contributed by atoms with van der Waals surface area (Å²) in [5.41, 5.74) is 0.733. The van der Waals surface area contributed by atoms with Gasteiger partial charge < -0.3 is 4.98 Å². The van der Waals surface area contributed by atoms with E-state index in [1.165, 1.54) is 12.8 Å². The second kappa shape index (κ2) is 4.62. The van der Waals surface area contributed by atoms with Crippen LogP contribution in [0.15, 0.2) is 18.3 Å². The van der Waals surface area contributed by atoms with Crippen molar-refractivity contribution >= 4 is 5.78 Å². The van der Waals surface area contributed by atoms with Crippen LogP contribution in [0.2, 0.25) is 0 Å². The van der Waals surface area contributed by atoms with Crippen molar-refractivity contribution in [2.45, 2.75) is 32.2 Å². The van der Waals surface area contributed by atoms with E-state index < -0.39 is 0 Å². The van der Waals surface area contributed by atoms with Crippen LogP contribution in [0.25, 0.3) is 0 Å². The number of rotatable bonds is 4. The Morgan fingerprint density at radius 1 is 1.67 bits per heavy atom. The van der Waals surface area contributed by atoms with Crippen LogP contribution in [0, 0.1) is 0 Å². The van der Waals surface area contributed by atoms with Gasteiger partial charge in [-0.15, -0.1) is 0 Å². The van der Waals surface area contributed by atoms with Gasteiger partial charge in [-0.1, -0.05) is 6.92 Å². The summed E-state index contributed by atoms with van der Waals surface area (Å²) in [6.45, 7) is 3.84. The fourth-order valence-corrected chi connectivity index (χ4v) is 2.34. The number of ketones is 1. The highest BCUT2D eigenvalue weighted by Crippen LogP contribution is 2.19. The molecule has 0 radical (unpaired) electrons. The van der Waals surface area contributed by atoms with Crippen molar-refractivity contribution in [2.24, 2.45) is 0 Å².